The van der Waals surface area contributed by atoms with Gasteiger partial charge >= 0.3 is 0 Å². The number of hydrogen-bond donors (Lipinski definition) is 0. The van der Waals surface area contributed by atoms with Gasteiger partial charge in [-0.25, -0.2) is 0 Å². The molecule has 0 amide bonds. The Morgan fingerprint density at radius 1 is 0.717 bits per heavy atom. The smallest absolute Gasteiger partial charge is 0.145 e. The van der Waals surface area contributed by atoms with E-state index >= 15 is 0 Å². The quantitative estimate of drug-likeness (QED) is 0.147. The summed E-state index contributed by atoms with van der Waals surface area (Å²) in [6.07, 6.45) is 16.5. The second-order valence-corrected chi connectivity index (χ2v) is 15.1. The maximum Gasteiger partial charge on any atom is 0.145 e. The molecule has 0 bridgehead atoms. The van der Waals surface area contributed by atoms with Crippen LogP contribution >= 0.6 is 11.3 Å². The van der Waals surface area contributed by atoms with E-state index in [1.165, 1.54) is 31.7 Å². The van der Waals surface area contributed by atoms with Crippen LogP contribution in [0.4, 0.5) is 11.4 Å². The predicted octanol–water partition coefficient (Wildman–Crippen LogP) is 14.4. The van der Waals surface area contributed by atoms with Gasteiger partial charge in [0.25, 0.3) is 0 Å². The summed E-state index contributed by atoms with van der Waals surface area (Å²) in [5, 5.41) is 3.49. The number of furan rings is 1. The zero-order chi connectivity index (χ0) is 35.3. The van der Waals surface area contributed by atoms with E-state index in [2.05, 4.69) is 194 Å². The van der Waals surface area contributed by atoms with Gasteiger partial charge < -0.3 is 9.32 Å². The molecule has 3 atom stereocenters. The number of thiophene rings is 1. The van der Waals surface area contributed by atoms with E-state index < -0.39 is 0 Å². The van der Waals surface area contributed by atoms with E-state index in [1.54, 1.807) is 0 Å². The van der Waals surface area contributed by atoms with Gasteiger partial charge in [0.15, 0.2) is 0 Å². The third-order valence-electron chi connectivity index (χ3n) is 10.9. The molecule has 3 unspecified atom stereocenters. The zero-order valence-electron chi connectivity index (χ0n) is 29.2. The fourth-order valence-corrected chi connectivity index (χ4v) is 9.53. The lowest BCUT2D eigenvalue weighted by molar-refractivity contribution is 0.669. The second kappa shape index (κ2) is 13.1. The van der Waals surface area contributed by atoms with Crippen molar-refractivity contribution in [2.45, 2.75) is 18.4 Å². The molecule has 0 saturated carbocycles. The number of rotatable bonds is 8. The van der Waals surface area contributed by atoms with Crippen molar-refractivity contribution in [2.75, 3.05) is 4.90 Å². The van der Waals surface area contributed by atoms with Gasteiger partial charge in [-0.3, -0.25) is 0 Å². The second-order valence-electron chi connectivity index (χ2n) is 14.0. The van der Waals surface area contributed by atoms with E-state index in [9.17, 15) is 0 Å². The SMILES string of the molecule is C=CCC(c1cc2ccccc2s1)N(c1ccc2c(c1)C1C=CC=CC1C=C2)c1ccc(-c2ccccc2)c2oc3cc(-c4ccccc4)ccc3c12. The van der Waals surface area contributed by atoms with Crippen LogP contribution in [0.5, 0.6) is 0 Å². The molecule has 2 aliphatic rings. The predicted molar refractivity (Wildman–Crippen MR) is 226 cm³/mol. The first-order valence-corrected chi connectivity index (χ1v) is 19.2. The van der Waals surface area contributed by atoms with E-state index in [4.69, 9.17) is 4.42 Å². The largest absolute Gasteiger partial charge is 0.455 e. The highest BCUT2D eigenvalue weighted by molar-refractivity contribution is 7.19. The van der Waals surface area contributed by atoms with E-state index in [0.717, 1.165) is 56.4 Å². The Bertz CT molecular complexity index is 2710. The molecule has 53 heavy (non-hydrogen) atoms. The molecule has 2 heterocycles. The summed E-state index contributed by atoms with van der Waals surface area (Å²) in [5.74, 6) is 0.659. The van der Waals surface area contributed by atoms with Crippen molar-refractivity contribution >= 4 is 60.8 Å². The highest BCUT2D eigenvalue weighted by atomic mass is 32.1. The minimum atomic E-state index is -0.000935. The summed E-state index contributed by atoms with van der Waals surface area (Å²) < 4.78 is 8.30. The summed E-state index contributed by atoms with van der Waals surface area (Å²) >= 11 is 1.88. The molecule has 10 rings (SSSR count). The molecular formula is C50H37NOS. The maximum atomic E-state index is 7.01. The van der Waals surface area contributed by atoms with Crippen molar-refractivity contribution in [2.24, 2.45) is 5.92 Å². The Labute approximate surface area is 314 Å². The van der Waals surface area contributed by atoms with Crippen LogP contribution in [0, 0.1) is 5.92 Å². The number of nitrogens with zero attached hydrogens (tertiary/aromatic N) is 1. The van der Waals surface area contributed by atoms with Crippen molar-refractivity contribution in [3.8, 4) is 22.3 Å². The third kappa shape index (κ3) is 5.48. The fraction of sp³-hybridized carbons (Fsp3) is 0.0800. The van der Waals surface area contributed by atoms with Crippen molar-refractivity contribution in [3.63, 3.8) is 0 Å². The van der Waals surface area contributed by atoms with Crippen molar-refractivity contribution in [3.05, 3.63) is 199 Å². The van der Waals surface area contributed by atoms with Crippen LogP contribution in [0.3, 0.4) is 0 Å². The molecule has 0 N–H and O–H groups in total. The lowest BCUT2D eigenvalue weighted by Gasteiger charge is -2.35. The van der Waals surface area contributed by atoms with Crippen LogP contribution in [0.15, 0.2) is 187 Å². The third-order valence-corrected chi connectivity index (χ3v) is 12.1. The minimum absolute atomic E-state index is 0.000935. The van der Waals surface area contributed by atoms with Crippen LogP contribution in [0.25, 0.3) is 60.4 Å². The maximum absolute atomic E-state index is 7.01. The highest BCUT2D eigenvalue weighted by Gasteiger charge is 2.30. The molecule has 0 spiro atoms. The summed E-state index contributed by atoms with van der Waals surface area (Å²) in [6, 6.07) is 50.6. The monoisotopic (exact) mass is 699 g/mol. The minimum Gasteiger partial charge on any atom is -0.455 e. The molecule has 2 nitrogen and oxygen atoms in total. The number of benzene rings is 6. The van der Waals surface area contributed by atoms with Gasteiger partial charge in [0.2, 0.25) is 0 Å². The molecule has 0 aliphatic heterocycles. The molecule has 3 heteroatoms. The van der Waals surface area contributed by atoms with Crippen LogP contribution in [-0.4, -0.2) is 0 Å². The molecule has 254 valence electrons. The van der Waals surface area contributed by atoms with Crippen LogP contribution in [-0.2, 0) is 0 Å². The normalized spacial score (nSPS) is 16.5. The first kappa shape index (κ1) is 31.6. The summed E-state index contributed by atoms with van der Waals surface area (Å²) in [6.45, 7) is 4.30. The lowest BCUT2D eigenvalue weighted by Crippen LogP contribution is -2.24. The van der Waals surface area contributed by atoms with E-state index in [-0.39, 0.29) is 6.04 Å². The number of fused-ring (bicyclic) bond motifs is 7. The van der Waals surface area contributed by atoms with Gasteiger partial charge in [0.05, 0.1) is 17.1 Å². The Balaban J connectivity index is 1.25. The number of allylic oxidation sites excluding steroid dienone is 5. The molecule has 0 radical (unpaired) electrons. The number of anilines is 2. The van der Waals surface area contributed by atoms with Crippen molar-refractivity contribution < 1.29 is 4.42 Å². The topological polar surface area (TPSA) is 16.4 Å². The van der Waals surface area contributed by atoms with Gasteiger partial charge in [-0.15, -0.1) is 17.9 Å². The fourth-order valence-electron chi connectivity index (χ4n) is 8.36. The van der Waals surface area contributed by atoms with Gasteiger partial charge in [-0.2, -0.15) is 0 Å². The highest BCUT2D eigenvalue weighted by Crippen LogP contribution is 2.50. The van der Waals surface area contributed by atoms with E-state index in [1.807, 2.05) is 11.3 Å². The molecule has 0 fully saturated rings. The van der Waals surface area contributed by atoms with Gasteiger partial charge in [-0.05, 0) is 88.2 Å². The van der Waals surface area contributed by atoms with Crippen LogP contribution in [0.2, 0.25) is 0 Å². The van der Waals surface area contributed by atoms with Crippen LogP contribution < -0.4 is 4.90 Å². The summed E-state index contributed by atoms with van der Waals surface area (Å²) in [5.41, 5.74) is 11.2. The Morgan fingerprint density at radius 2 is 1.51 bits per heavy atom. The standard InChI is InChI=1S/C50H37NOS/c1-2-13-44(48-31-38-19-10-12-21-47(38)53-48)51(39-26-24-36-23-22-35-18-9-11-20-40(35)43(36)32-39)45-29-28-41(34-16-7-4-8-17-34)50-49(45)42-27-25-37(30-46(42)52-50)33-14-5-3-6-15-33/h2-12,14-32,35,40,44H,1,13H2. The van der Waals surface area contributed by atoms with Crippen molar-refractivity contribution in [1.82, 2.24) is 0 Å². The zero-order valence-corrected chi connectivity index (χ0v) is 30.0. The Kier molecular flexibility index (Phi) is 7.81. The molecule has 6 aromatic carbocycles. The molecule has 2 aliphatic carbocycles. The molecular weight excluding hydrogens is 663 g/mol. The lowest BCUT2D eigenvalue weighted by atomic mass is 9.77. The summed E-state index contributed by atoms with van der Waals surface area (Å²) in [7, 11) is 0. The van der Waals surface area contributed by atoms with E-state index in [0.29, 0.717) is 11.8 Å². The van der Waals surface area contributed by atoms with Crippen molar-refractivity contribution in [1.29, 1.82) is 0 Å². The summed E-state index contributed by atoms with van der Waals surface area (Å²) in [4.78, 5) is 3.88. The first-order chi connectivity index (χ1) is 26.2. The van der Waals surface area contributed by atoms with Gasteiger partial charge in [0.1, 0.15) is 11.2 Å². The Hall–Kier alpha value is -6.16. The Morgan fingerprint density at radius 3 is 2.34 bits per heavy atom. The van der Waals surface area contributed by atoms with Gasteiger partial charge in [-0.1, -0.05) is 134 Å². The number of hydrogen-bond acceptors (Lipinski definition) is 3. The first-order valence-electron chi connectivity index (χ1n) is 18.4. The molecule has 0 saturated heterocycles. The average Bonchev–Trinajstić information content (AvgIpc) is 3.83. The molecule has 2 aromatic heterocycles. The molecule has 8 aromatic rings. The van der Waals surface area contributed by atoms with Crippen LogP contribution in [0.1, 0.15) is 34.4 Å². The average molecular weight is 700 g/mol. The van der Waals surface area contributed by atoms with Gasteiger partial charge in [0, 0.05) is 38.0 Å².